The van der Waals surface area contributed by atoms with Crippen molar-refractivity contribution < 1.29 is 9.90 Å². The first-order valence-electron chi connectivity index (χ1n) is 7.03. The minimum Gasteiger partial charge on any atom is -0.389 e. The molecule has 2 aliphatic rings. The summed E-state index contributed by atoms with van der Waals surface area (Å²) >= 11 is 1.33. The van der Waals surface area contributed by atoms with Crippen molar-refractivity contribution in [3.63, 3.8) is 0 Å². The number of amides is 1. The van der Waals surface area contributed by atoms with E-state index in [1.807, 2.05) is 17.2 Å². The topological polar surface area (TPSA) is 53.4 Å². The lowest BCUT2D eigenvalue weighted by atomic mass is 9.71. The van der Waals surface area contributed by atoms with E-state index in [2.05, 4.69) is 4.37 Å². The highest BCUT2D eigenvalue weighted by molar-refractivity contribution is 7.03. The Morgan fingerprint density at radius 3 is 3.11 bits per heavy atom. The molecule has 1 amide bonds. The van der Waals surface area contributed by atoms with E-state index in [1.54, 1.807) is 0 Å². The van der Waals surface area contributed by atoms with Crippen molar-refractivity contribution >= 4 is 17.4 Å². The summed E-state index contributed by atoms with van der Waals surface area (Å²) in [5.74, 6) is 0.338. The van der Waals surface area contributed by atoms with Crippen LogP contribution in [0.4, 0.5) is 0 Å². The molecular weight excluding hydrogens is 260 g/mol. The Morgan fingerprint density at radius 1 is 1.53 bits per heavy atom. The van der Waals surface area contributed by atoms with Gasteiger partial charge in [0.05, 0.1) is 16.9 Å². The molecule has 1 aliphatic heterocycles. The maximum atomic E-state index is 12.5. The van der Waals surface area contributed by atoms with Crippen molar-refractivity contribution in [2.45, 2.75) is 44.6 Å². The quantitative estimate of drug-likeness (QED) is 0.858. The SMILES string of the molecule is Cc1nscc1C(=O)N1CCC2(O)CCCCC2C1. The summed E-state index contributed by atoms with van der Waals surface area (Å²) in [4.78, 5) is 14.4. The van der Waals surface area contributed by atoms with Crippen LogP contribution in [-0.4, -0.2) is 39.0 Å². The summed E-state index contributed by atoms with van der Waals surface area (Å²) < 4.78 is 4.17. The zero-order valence-corrected chi connectivity index (χ0v) is 12.1. The fourth-order valence-corrected chi connectivity index (χ4v) is 4.11. The van der Waals surface area contributed by atoms with Crippen LogP contribution >= 0.6 is 11.5 Å². The maximum absolute atomic E-state index is 12.5. The van der Waals surface area contributed by atoms with E-state index in [-0.39, 0.29) is 11.8 Å². The molecule has 4 nitrogen and oxygen atoms in total. The summed E-state index contributed by atoms with van der Waals surface area (Å²) in [6.07, 6.45) is 4.96. The van der Waals surface area contributed by atoms with Gasteiger partial charge in [-0.05, 0) is 37.7 Å². The van der Waals surface area contributed by atoms with E-state index in [1.165, 1.54) is 18.0 Å². The normalized spacial score (nSPS) is 31.1. The molecule has 104 valence electrons. The van der Waals surface area contributed by atoms with Gasteiger partial charge in [0.1, 0.15) is 0 Å². The molecule has 5 heteroatoms. The number of hydrogen-bond donors (Lipinski definition) is 1. The average molecular weight is 280 g/mol. The molecule has 1 N–H and O–H groups in total. The predicted molar refractivity (Wildman–Crippen MR) is 74.3 cm³/mol. The highest BCUT2D eigenvalue weighted by atomic mass is 32.1. The number of likely N-dealkylation sites (tertiary alicyclic amines) is 1. The molecule has 1 aliphatic carbocycles. The highest BCUT2D eigenvalue weighted by Crippen LogP contribution is 2.40. The van der Waals surface area contributed by atoms with Crippen molar-refractivity contribution in [2.75, 3.05) is 13.1 Å². The number of rotatable bonds is 1. The van der Waals surface area contributed by atoms with E-state index in [0.717, 1.165) is 36.9 Å². The Labute approximate surface area is 117 Å². The molecule has 1 aromatic heterocycles. The highest BCUT2D eigenvalue weighted by Gasteiger charge is 2.43. The second-order valence-electron chi connectivity index (χ2n) is 5.86. The fraction of sp³-hybridized carbons (Fsp3) is 0.714. The third-order valence-corrected chi connectivity index (χ3v) is 5.42. The van der Waals surface area contributed by atoms with E-state index >= 15 is 0 Å². The van der Waals surface area contributed by atoms with Gasteiger partial charge in [0.15, 0.2) is 0 Å². The van der Waals surface area contributed by atoms with Crippen molar-refractivity contribution in [2.24, 2.45) is 5.92 Å². The summed E-state index contributed by atoms with van der Waals surface area (Å²) in [5, 5.41) is 12.5. The molecule has 0 radical (unpaired) electrons. The number of carbonyl (C=O) groups is 1. The number of aryl methyl sites for hydroxylation is 1. The van der Waals surface area contributed by atoms with Crippen LogP contribution in [-0.2, 0) is 0 Å². The average Bonchev–Trinajstić information content (AvgIpc) is 2.83. The van der Waals surface area contributed by atoms with Crippen LogP contribution in [0.15, 0.2) is 5.38 Å². The summed E-state index contributed by atoms with van der Waals surface area (Å²) in [5.41, 5.74) is 1.03. The van der Waals surface area contributed by atoms with Crippen LogP contribution in [0, 0.1) is 12.8 Å². The lowest BCUT2D eigenvalue weighted by molar-refractivity contribution is -0.0886. The fourth-order valence-electron chi connectivity index (χ4n) is 3.42. The number of piperidine rings is 1. The van der Waals surface area contributed by atoms with Crippen molar-refractivity contribution in [1.29, 1.82) is 0 Å². The zero-order valence-electron chi connectivity index (χ0n) is 11.3. The molecule has 2 fully saturated rings. The molecule has 0 spiro atoms. The molecule has 2 atom stereocenters. The predicted octanol–water partition coefficient (Wildman–Crippen LogP) is 2.22. The summed E-state index contributed by atoms with van der Waals surface area (Å²) in [6, 6.07) is 0. The molecule has 0 bridgehead atoms. The lowest BCUT2D eigenvalue weighted by Gasteiger charge is -2.47. The second kappa shape index (κ2) is 4.87. The van der Waals surface area contributed by atoms with Gasteiger partial charge in [0, 0.05) is 24.4 Å². The molecule has 2 heterocycles. The minimum absolute atomic E-state index is 0.0823. The Bertz CT molecular complexity index is 488. The van der Waals surface area contributed by atoms with Gasteiger partial charge in [-0.1, -0.05) is 12.8 Å². The van der Waals surface area contributed by atoms with Gasteiger partial charge in [0.25, 0.3) is 5.91 Å². The molecule has 3 rings (SSSR count). The Kier molecular flexibility index (Phi) is 3.35. The van der Waals surface area contributed by atoms with Crippen LogP contribution in [0.2, 0.25) is 0 Å². The van der Waals surface area contributed by atoms with Crippen molar-refractivity contribution in [1.82, 2.24) is 9.27 Å². The number of aliphatic hydroxyl groups is 1. The Hall–Kier alpha value is -0.940. The molecule has 1 aromatic rings. The van der Waals surface area contributed by atoms with E-state index in [4.69, 9.17) is 0 Å². The molecule has 1 saturated heterocycles. The van der Waals surface area contributed by atoms with Gasteiger partial charge in [-0.3, -0.25) is 4.79 Å². The second-order valence-corrected chi connectivity index (χ2v) is 6.49. The number of carbonyl (C=O) groups excluding carboxylic acids is 1. The van der Waals surface area contributed by atoms with Crippen LogP contribution in [0.1, 0.15) is 48.2 Å². The van der Waals surface area contributed by atoms with E-state index in [9.17, 15) is 9.90 Å². The van der Waals surface area contributed by atoms with E-state index < -0.39 is 5.60 Å². The molecular formula is C14H20N2O2S. The first kappa shape index (κ1) is 13.1. The summed E-state index contributed by atoms with van der Waals surface area (Å²) in [7, 11) is 0. The Balaban J connectivity index is 1.74. The molecule has 0 aromatic carbocycles. The summed E-state index contributed by atoms with van der Waals surface area (Å²) in [6.45, 7) is 3.25. The minimum atomic E-state index is -0.517. The maximum Gasteiger partial charge on any atom is 0.256 e. The number of aromatic nitrogens is 1. The van der Waals surface area contributed by atoms with Gasteiger partial charge in [0.2, 0.25) is 0 Å². The monoisotopic (exact) mass is 280 g/mol. The largest absolute Gasteiger partial charge is 0.389 e. The van der Waals surface area contributed by atoms with Crippen LogP contribution < -0.4 is 0 Å². The van der Waals surface area contributed by atoms with Gasteiger partial charge in [-0.15, -0.1) is 0 Å². The third-order valence-electron chi connectivity index (χ3n) is 4.70. The smallest absolute Gasteiger partial charge is 0.256 e. The van der Waals surface area contributed by atoms with Crippen molar-refractivity contribution in [3.05, 3.63) is 16.6 Å². The standard InChI is InChI=1S/C14H20N2O2S/c1-10-12(9-19-15-10)13(17)16-7-6-14(18)5-3-2-4-11(14)8-16/h9,11,18H,2-8H2,1H3. The lowest BCUT2D eigenvalue weighted by Crippen LogP contribution is -2.54. The molecule has 2 unspecified atom stereocenters. The number of hydrogen-bond acceptors (Lipinski definition) is 4. The third kappa shape index (κ3) is 2.30. The van der Waals surface area contributed by atoms with Crippen molar-refractivity contribution in [3.8, 4) is 0 Å². The first-order valence-corrected chi connectivity index (χ1v) is 7.86. The van der Waals surface area contributed by atoms with Crippen LogP contribution in [0.3, 0.4) is 0 Å². The van der Waals surface area contributed by atoms with Crippen LogP contribution in [0.25, 0.3) is 0 Å². The van der Waals surface area contributed by atoms with E-state index in [0.29, 0.717) is 13.1 Å². The van der Waals surface area contributed by atoms with Crippen LogP contribution in [0.5, 0.6) is 0 Å². The number of nitrogens with zero attached hydrogens (tertiary/aromatic N) is 2. The van der Waals surface area contributed by atoms with Gasteiger partial charge in [-0.2, -0.15) is 4.37 Å². The van der Waals surface area contributed by atoms with Gasteiger partial charge in [-0.25, -0.2) is 0 Å². The van der Waals surface area contributed by atoms with Gasteiger partial charge < -0.3 is 10.0 Å². The molecule has 19 heavy (non-hydrogen) atoms. The first-order chi connectivity index (χ1) is 9.10. The number of fused-ring (bicyclic) bond motifs is 1. The van der Waals surface area contributed by atoms with Gasteiger partial charge >= 0.3 is 0 Å². The zero-order chi connectivity index (χ0) is 13.5. The Morgan fingerprint density at radius 2 is 2.37 bits per heavy atom. The molecule has 1 saturated carbocycles.